The van der Waals surface area contributed by atoms with Gasteiger partial charge in [-0.05, 0) is 25.5 Å². The number of nitro groups is 1. The quantitative estimate of drug-likeness (QED) is 0.397. The van der Waals surface area contributed by atoms with Crippen molar-refractivity contribution in [2.45, 2.75) is 26.7 Å². The van der Waals surface area contributed by atoms with Gasteiger partial charge in [0.2, 0.25) is 11.7 Å². The number of primary amides is 1. The SMILES string of the molecule is CCCc1c(Cl)c(C(N)=O)cc([N+](=O)[O-])c1Oc1ccccc1C(=O)OCC. The molecule has 1 amide bonds. The van der Waals surface area contributed by atoms with Crippen molar-refractivity contribution in [3.8, 4) is 11.5 Å². The predicted octanol–water partition coefficient (Wildman–Crippen LogP) is 4.27. The van der Waals surface area contributed by atoms with Crippen molar-refractivity contribution in [1.82, 2.24) is 0 Å². The van der Waals surface area contributed by atoms with Crippen molar-refractivity contribution < 1.29 is 24.0 Å². The standard InChI is InChI=1S/C19H19ClN2O6/c1-3-7-12-16(20)13(18(21)23)10-14(22(25)26)17(12)28-15-9-6-5-8-11(15)19(24)27-4-2/h5-6,8-10H,3-4,7H2,1-2H3,(H2,21,23). The zero-order chi connectivity index (χ0) is 20.8. The Bertz CT molecular complexity index is 929. The van der Waals surface area contributed by atoms with Crippen LogP contribution in [0.1, 0.15) is 46.5 Å². The molecule has 9 heteroatoms. The third kappa shape index (κ3) is 4.40. The lowest BCUT2D eigenvalue weighted by Crippen LogP contribution is -2.14. The number of esters is 1. The van der Waals surface area contributed by atoms with Gasteiger partial charge in [-0.15, -0.1) is 0 Å². The number of hydrogen-bond donors (Lipinski definition) is 1. The van der Waals surface area contributed by atoms with Crippen LogP contribution < -0.4 is 10.5 Å². The second-order valence-electron chi connectivity index (χ2n) is 5.75. The summed E-state index contributed by atoms with van der Waals surface area (Å²) >= 11 is 6.29. The number of halogens is 1. The van der Waals surface area contributed by atoms with E-state index in [1.54, 1.807) is 19.1 Å². The van der Waals surface area contributed by atoms with Gasteiger partial charge in [0.15, 0.2) is 0 Å². The topological polar surface area (TPSA) is 122 Å². The van der Waals surface area contributed by atoms with Crippen molar-refractivity contribution in [3.63, 3.8) is 0 Å². The number of ether oxygens (including phenoxy) is 2. The Morgan fingerprint density at radius 3 is 2.46 bits per heavy atom. The molecule has 0 radical (unpaired) electrons. The molecule has 8 nitrogen and oxygen atoms in total. The number of amides is 1. The van der Waals surface area contributed by atoms with Crippen LogP contribution in [0.2, 0.25) is 5.02 Å². The van der Waals surface area contributed by atoms with Crippen LogP contribution in [0.5, 0.6) is 11.5 Å². The van der Waals surface area contributed by atoms with E-state index in [-0.39, 0.29) is 39.8 Å². The molecule has 0 bridgehead atoms. The first-order valence-corrected chi connectivity index (χ1v) is 8.93. The number of nitro benzene ring substituents is 1. The highest BCUT2D eigenvalue weighted by molar-refractivity contribution is 6.35. The van der Waals surface area contributed by atoms with E-state index in [2.05, 4.69) is 0 Å². The molecule has 2 aromatic rings. The molecule has 0 fully saturated rings. The van der Waals surface area contributed by atoms with Gasteiger partial charge in [0.05, 0.1) is 22.1 Å². The van der Waals surface area contributed by atoms with Crippen LogP contribution in [0.3, 0.4) is 0 Å². The van der Waals surface area contributed by atoms with Crippen LogP contribution in [-0.2, 0) is 11.2 Å². The fraction of sp³-hybridized carbons (Fsp3) is 0.263. The number of rotatable bonds is 8. The van der Waals surface area contributed by atoms with Gasteiger partial charge < -0.3 is 15.2 Å². The first-order chi connectivity index (χ1) is 13.3. The van der Waals surface area contributed by atoms with Gasteiger partial charge in [-0.2, -0.15) is 0 Å². The Balaban J connectivity index is 2.69. The molecule has 0 unspecified atom stereocenters. The Kier molecular flexibility index (Phi) is 6.94. The van der Waals surface area contributed by atoms with Crippen molar-refractivity contribution in [1.29, 1.82) is 0 Å². The Hall–Kier alpha value is -3.13. The molecule has 2 aromatic carbocycles. The fourth-order valence-corrected chi connectivity index (χ4v) is 2.96. The fourth-order valence-electron chi connectivity index (χ4n) is 2.63. The summed E-state index contributed by atoms with van der Waals surface area (Å²) in [5.41, 5.74) is 5.04. The second kappa shape index (κ2) is 9.18. The zero-order valence-corrected chi connectivity index (χ0v) is 16.1. The summed E-state index contributed by atoms with van der Waals surface area (Å²) in [5, 5.41) is 11.6. The number of para-hydroxylation sites is 1. The van der Waals surface area contributed by atoms with Crippen LogP contribution in [0.4, 0.5) is 5.69 Å². The second-order valence-corrected chi connectivity index (χ2v) is 6.13. The summed E-state index contributed by atoms with van der Waals surface area (Å²) in [6.07, 6.45) is 0.882. The summed E-state index contributed by atoms with van der Waals surface area (Å²) in [5.74, 6) is -1.58. The molecule has 0 aromatic heterocycles. The van der Waals surface area contributed by atoms with E-state index in [1.165, 1.54) is 12.1 Å². The molecule has 0 saturated carbocycles. The highest BCUT2D eigenvalue weighted by Gasteiger charge is 2.28. The monoisotopic (exact) mass is 406 g/mol. The van der Waals surface area contributed by atoms with Gasteiger partial charge in [0.1, 0.15) is 11.3 Å². The normalized spacial score (nSPS) is 10.4. The van der Waals surface area contributed by atoms with E-state index < -0.39 is 22.5 Å². The van der Waals surface area contributed by atoms with Gasteiger partial charge in [-0.25, -0.2) is 4.79 Å². The Morgan fingerprint density at radius 2 is 1.89 bits per heavy atom. The summed E-state index contributed by atoms with van der Waals surface area (Å²) < 4.78 is 10.8. The summed E-state index contributed by atoms with van der Waals surface area (Å²) in [6, 6.07) is 7.18. The smallest absolute Gasteiger partial charge is 0.341 e. The van der Waals surface area contributed by atoms with Crippen molar-refractivity contribution in [2.24, 2.45) is 5.73 Å². The lowest BCUT2D eigenvalue weighted by molar-refractivity contribution is -0.385. The van der Waals surface area contributed by atoms with Gasteiger partial charge in [-0.3, -0.25) is 14.9 Å². The van der Waals surface area contributed by atoms with Gasteiger partial charge in [-0.1, -0.05) is 37.1 Å². The summed E-state index contributed by atoms with van der Waals surface area (Å²) in [4.78, 5) is 34.7. The first kappa shape index (κ1) is 21.2. The minimum Gasteiger partial charge on any atom is -0.462 e. The molecule has 2 N–H and O–H groups in total. The van der Waals surface area contributed by atoms with Crippen LogP contribution in [0.25, 0.3) is 0 Å². The average Bonchev–Trinajstić information content (AvgIpc) is 2.64. The van der Waals surface area contributed by atoms with Crippen LogP contribution in [0, 0.1) is 10.1 Å². The molecule has 0 aliphatic carbocycles. The Labute approximate surface area is 166 Å². The number of benzene rings is 2. The van der Waals surface area contributed by atoms with Crippen molar-refractivity contribution in [2.75, 3.05) is 6.61 Å². The first-order valence-electron chi connectivity index (χ1n) is 8.55. The van der Waals surface area contributed by atoms with Crippen LogP contribution in [-0.4, -0.2) is 23.4 Å². The van der Waals surface area contributed by atoms with E-state index in [9.17, 15) is 19.7 Å². The molecule has 2 rings (SSSR count). The number of carbonyl (C=O) groups excluding carboxylic acids is 2. The van der Waals surface area contributed by atoms with Crippen molar-refractivity contribution >= 4 is 29.2 Å². The number of nitrogens with two attached hydrogens (primary N) is 1. The van der Waals surface area contributed by atoms with Crippen LogP contribution >= 0.6 is 11.6 Å². The zero-order valence-electron chi connectivity index (χ0n) is 15.4. The van der Waals surface area contributed by atoms with E-state index in [0.29, 0.717) is 12.8 Å². The minimum atomic E-state index is -0.885. The summed E-state index contributed by atoms with van der Waals surface area (Å²) in [6.45, 7) is 3.66. The maximum atomic E-state index is 12.2. The average molecular weight is 407 g/mol. The number of nitrogens with zero attached hydrogens (tertiary/aromatic N) is 1. The Morgan fingerprint density at radius 1 is 1.21 bits per heavy atom. The van der Waals surface area contributed by atoms with Gasteiger partial charge >= 0.3 is 11.7 Å². The third-order valence-corrected chi connectivity index (χ3v) is 4.28. The number of carbonyl (C=O) groups is 2. The van der Waals surface area contributed by atoms with Crippen LogP contribution in [0.15, 0.2) is 30.3 Å². The van der Waals surface area contributed by atoms with E-state index in [0.717, 1.165) is 6.07 Å². The third-order valence-electron chi connectivity index (χ3n) is 3.85. The van der Waals surface area contributed by atoms with E-state index >= 15 is 0 Å². The molecule has 0 spiro atoms. The molecule has 28 heavy (non-hydrogen) atoms. The molecule has 0 atom stereocenters. The van der Waals surface area contributed by atoms with Crippen molar-refractivity contribution in [3.05, 3.63) is 62.2 Å². The maximum Gasteiger partial charge on any atom is 0.341 e. The highest BCUT2D eigenvalue weighted by atomic mass is 35.5. The minimum absolute atomic E-state index is 0.0106. The lowest BCUT2D eigenvalue weighted by atomic mass is 10.0. The number of hydrogen-bond acceptors (Lipinski definition) is 6. The maximum absolute atomic E-state index is 12.2. The molecular formula is C19H19ClN2O6. The summed E-state index contributed by atoms with van der Waals surface area (Å²) in [7, 11) is 0. The van der Waals surface area contributed by atoms with E-state index in [4.69, 9.17) is 26.8 Å². The largest absolute Gasteiger partial charge is 0.462 e. The molecule has 0 heterocycles. The molecule has 0 aliphatic rings. The van der Waals surface area contributed by atoms with Gasteiger partial charge in [0, 0.05) is 11.6 Å². The highest BCUT2D eigenvalue weighted by Crippen LogP contribution is 2.42. The van der Waals surface area contributed by atoms with E-state index in [1.807, 2.05) is 6.92 Å². The predicted molar refractivity (Wildman–Crippen MR) is 103 cm³/mol. The molecule has 0 saturated heterocycles. The lowest BCUT2D eigenvalue weighted by Gasteiger charge is -2.16. The molecular weight excluding hydrogens is 388 g/mol. The van der Waals surface area contributed by atoms with Gasteiger partial charge in [0.25, 0.3) is 0 Å². The molecule has 0 aliphatic heterocycles. The molecule has 148 valence electrons.